The van der Waals surface area contributed by atoms with Crippen LogP contribution in [0.25, 0.3) is 0 Å². The SMILES string of the molecule is CCOc1c(N)cccc1C(=O)NCC1CCN(C)CC1. The lowest BCUT2D eigenvalue weighted by atomic mass is 9.97. The largest absolute Gasteiger partial charge is 0.491 e. The van der Waals surface area contributed by atoms with Crippen molar-refractivity contribution in [3.05, 3.63) is 23.8 Å². The summed E-state index contributed by atoms with van der Waals surface area (Å²) in [7, 11) is 2.13. The van der Waals surface area contributed by atoms with Crippen LogP contribution in [-0.4, -0.2) is 44.1 Å². The number of nitrogens with zero attached hydrogens (tertiary/aromatic N) is 1. The quantitative estimate of drug-likeness (QED) is 0.811. The number of rotatable bonds is 5. The van der Waals surface area contributed by atoms with E-state index in [0.717, 1.165) is 25.9 Å². The van der Waals surface area contributed by atoms with Crippen LogP contribution >= 0.6 is 0 Å². The van der Waals surface area contributed by atoms with Gasteiger partial charge < -0.3 is 20.7 Å². The highest BCUT2D eigenvalue weighted by Crippen LogP contribution is 2.26. The second kappa shape index (κ2) is 7.31. The van der Waals surface area contributed by atoms with Crippen LogP contribution in [-0.2, 0) is 0 Å². The zero-order valence-corrected chi connectivity index (χ0v) is 12.9. The van der Waals surface area contributed by atoms with Crippen molar-refractivity contribution >= 4 is 11.6 Å². The summed E-state index contributed by atoms with van der Waals surface area (Å²) in [5.74, 6) is 0.937. The van der Waals surface area contributed by atoms with Crippen molar-refractivity contribution in [2.75, 3.05) is 39.0 Å². The highest BCUT2D eigenvalue weighted by atomic mass is 16.5. The first kappa shape index (κ1) is 15.6. The number of ether oxygens (including phenoxy) is 1. The van der Waals surface area contributed by atoms with Gasteiger partial charge >= 0.3 is 0 Å². The van der Waals surface area contributed by atoms with Gasteiger partial charge in [0.1, 0.15) is 0 Å². The summed E-state index contributed by atoms with van der Waals surface area (Å²) in [6, 6.07) is 5.28. The molecular weight excluding hydrogens is 266 g/mol. The maximum Gasteiger partial charge on any atom is 0.255 e. The second-order valence-electron chi connectivity index (χ2n) is 5.61. The van der Waals surface area contributed by atoms with Crippen LogP contribution in [0.15, 0.2) is 18.2 Å². The van der Waals surface area contributed by atoms with Gasteiger partial charge in [-0.25, -0.2) is 0 Å². The lowest BCUT2D eigenvalue weighted by Crippen LogP contribution is -2.37. The number of carbonyl (C=O) groups excluding carboxylic acids is 1. The Morgan fingerprint density at radius 2 is 2.14 bits per heavy atom. The van der Waals surface area contributed by atoms with Crippen molar-refractivity contribution in [2.45, 2.75) is 19.8 Å². The number of hydrogen-bond donors (Lipinski definition) is 2. The molecule has 1 aromatic rings. The molecule has 0 spiro atoms. The number of nitrogens with two attached hydrogens (primary N) is 1. The van der Waals surface area contributed by atoms with Crippen LogP contribution in [0.3, 0.4) is 0 Å². The highest BCUT2D eigenvalue weighted by Gasteiger charge is 2.19. The molecule has 1 aliphatic heterocycles. The van der Waals surface area contributed by atoms with Crippen LogP contribution in [0.5, 0.6) is 5.75 Å². The van der Waals surface area contributed by atoms with Crippen LogP contribution in [0.1, 0.15) is 30.1 Å². The predicted molar refractivity (Wildman–Crippen MR) is 84.6 cm³/mol. The third-order valence-electron chi connectivity index (χ3n) is 3.97. The Kier molecular flexibility index (Phi) is 5.44. The first-order chi connectivity index (χ1) is 10.1. The number of carbonyl (C=O) groups is 1. The monoisotopic (exact) mass is 291 g/mol. The van der Waals surface area contributed by atoms with Gasteiger partial charge in [-0.1, -0.05) is 6.07 Å². The number of hydrogen-bond acceptors (Lipinski definition) is 4. The van der Waals surface area contributed by atoms with E-state index in [4.69, 9.17) is 10.5 Å². The fourth-order valence-electron chi connectivity index (χ4n) is 2.64. The van der Waals surface area contributed by atoms with Crippen molar-refractivity contribution in [2.24, 2.45) is 5.92 Å². The fourth-order valence-corrected chi connectivity index (χ4v) is 2.64. The Hall–Kier alpha value is -1.75. The zero-order valence-electron chi connectivity index (χ0n) is 12.9. The summed E-state index contributed by atoms with van der Waals surface area (Å²) in [6.07, 6.45) is 2.26. The molecule has 0 bridgehead atoms. The summed E-state index contributed by atoms with van der Waals surface area (Å²) in [5, 5.41) is 3.02. The number of amides is 1. The number of nitrogens with one attached hydrogen (secondary N) is 1. The van der Waals surface area contributed by atoms with E-state index in [0.29, 0.717) is 36.1 Å². The van der Waals surface area contributed by atoms with Crippen molar-refractivity contribution in [3.8, 4) is 5.75 Å². The van der Waals surface area contributed by atoms with Crippen LogP contribution in [0.2, 0.25) is 0 Å². The van der Waals surface area contributed by atoms with Gasteiger partial charge in [-0.15, -0.1) is 0 Å². The van der Waals surface area contributed by atoms with Crippen LogP contribution in [0, 0.1) is 5.92 Å². The maximum absolute atomic E-state index is 12.3. The molecule has 2 rings (SSSR count). The first-order valence-corrected chi connectivity index (χ1v) is 7.59. The molecule has 116 valence electrons. The van der Waals surface area contributed by atoms with Gasteiger partial charge in [-0.3, -0.25) is 4.79 Å². The minimum Gasteiger partial charge on any atom is -0.491 e. The normalized spacial score (nSPS) is 16.7. The molecule has 1 heterocycles. The molecule has 1 aliphatic rings. The molecule has 3 N–H and O–H groups in total. The van der Waals surface area contributed by atoms with Crippen molar-refractivity contribution in [3.63, 3.8) is 0 Å². The lowest BCUT2D eigenvalue weighted by molar-refractivity contribution is 0.0935. The Morgan fingerprint density at radius 1 is 1.43 bits per heavy atom. The molecule has 1 aromatic carbocycles. The standard InChI is InChI=1S/C16H25N3O2/c1-3-21-15-13(5-4-6-14(15)17)16(20)18-11-12-7-9-19(2)10-8-12/h4-6,12H,3,7-11,17H2,1-2H3,(H,18,20). The molecule has 0 saturated carbocycles. The molecule has 0 aromatic heterocycles. The molecule has 5 heteroatoms. The van der Waals surface area contributed by atoms with E-state index < -0.39 is 0 Å². The molecule has 1 fully saturated rings. The van der Waals surface area contributed by atoms with Gasteiger partial charge in [0, 0.05) is 6.54 Å². The summed E-state index contributed by atoms with van der Waals surface area (Å²) < 4.78 is 5.50. The number of anilines is 1. The van der Waals surface area contributed by atoms with E-state index in [1.807, 2.05) is 6.92 Å². The van der Waals surface area contributed by atoms with E-state index in [-0.39, 0.29) is 5.91 Å². The number of piperidine rings is 1. The Balaban J connectivity index is 1.95. The number of likely N-dealkylation sites (tertiary alicyclic amines) is 1. The third-order valence-corrected chi connectivity index (χ3v) is 3.97. The van der Waals surface area contributed by atoms with Gasteiger partial charge in [-0.05, 0) is 58.0 Å². The van der Waals surface area contributed by atoms with Crippen LogP contribution in [0.4, 0.5) is 5.69 Å². The number of para-hydroxylation sites is 1. The number of benzene rings is 1. The van der Waals surface area contributed by atoms with E-state index in [9.17, 15) is 4.79 Å². The van der Waals surface area contributed by atoms with Gasteiger partial charge in [0.2, 0.25) is 0 Å². The molecular formula is C16H25N3O2. The van der Waals surface area contributed by atoms with Crippen molar-refractivity contribution in [1.29, 1.82) is 0 Å². The Bertz CT molecular complexity index is 482. The van der Waals surface area contributed by atoms with Crippen LogP contribution < -0.4 is 15.8 Å². The summed E-state index contributed by atoms with van der Waals surface area (Å²) in [5.41, 5.74) is 6.91. The zero-order chi connectivity index (χ0) is 15.2. The minimum absolute atomic E-state index is 0.107. The van der Waals surface area contributed by atoms with E-state index in [2.05, 4.69) is 17.3 Å². The van der Waals surface area contributed by atoms with E-state index >= 15 is 0 Å². The minimum atomic E-state index is -0.107. The average Bonchev–Trinajstić information content (AvgIpc) is 2.48. The smallest absolute Gasteiger partial charge is 0.255 e. The van der Waals surface area contributed by atoms with E-state index in [1.54, 1.807) is 18.2 Å². The molecule has 0 atom stereocenters. The molecule has 1 amide bonds. The van der Waals surface area contributed by atoms with Gasteiger partial charge in [0.05, 0.1) is 17.9 Å². The van der Waals surface area contributed by atoms with Crippen molar-refractivity contribution in [1.82, 2.24) is 10.2 Å². The fraction of sp³-hybridized carbons (Fsp3) is 0.562. The van der Waals surface area contributed by atoms with Gasteiger partial charge in [0.15, 0.2) is 5.75 Å². The predicted octanol–water partition coefficient (Wildman–Crippen LogP) is 1.74. The van der Waals surface area contributed by atoms with Gasteiger partial charge in [0.25, 0.3) is 5.91 Å². The summed E-state index contributed by atoms with van der Waals surface area (Å²) >= 11 is 0. The molecule has 21 heavy (non-hydrogen) atoms. The number of nitrogen functional groups attached to an aromatic ring is 1. The summed E-state index contributed by atoms with van der Waals surface area (Å²) in [4.78, 5) is 14.7. The Morgan fingerprint density at radius 3 is 2.81 bits per heavy atom. The molecule has 1 saturated heterocycles. The maximum atomic E-state index is 12.3. The highest BCUT2D eigenvalue weighted by molar-refractivity contribution is 5.98. The molecule has 5 nitrogen and oxygen atoms in total. The van der Waals surface area contributed by atoms with E-state index in [1.165, 1.54) is 0 Å². The first-order valence-electron chi connectivity index (χ1n) is 7.59. The lowest BCUT2D eigenvalue weighted by Gasteiger charge is -2.29. The van der Waals surface area contributed by atoms with Gasteiger partial charge in [-0.2, -0.15) is 0 Å². The molecule has 0 aliphatic carbocycles. The van der Waals surface area contributed by atoms with Crippen molar-refractivity contribution < 1.29 is 9.53 Å². The Labute approximate surface area is 126 Å². The third kappa shape index (κ3) is 4.11. The second-order valence-corrected chi connectivity index (χ2v) is 5.61. The molecule has 0 unspecified atom stereocenters. The molecule has 0 radical (unpaired) electrons. The summed E-state index contributed by atoms with van der Waals surface area (Å²) in [6.45, 7) is 5.29. The average molecular weight is 291 g/mol. The topological polar surface area (TPSA) is 67.6 Å².